The van der Waals surface area contributed by atoms with Crippen molar-refractivity contribution in [2.45, 2.75) is 0 Å². The fourth-order valence-corrected chi connectivity index (χ4v) is 0.955. The Morgan fingerprint density at radius 1 is 1.38 bits per heavy atom. The number of aryl methyl sites for hydroxylation is 2. The molecule has 0 bridgehead atoms. The van der Waals surface area contributed by atoms with E-state index in [0.717, 1.165) is 0 Å². The number of anilines is 1. The predicted octanol–water partition coefficient (Wildman–Crippen LogP) is -0.807. The second-order valence-corrected chi connectivity index (χ2v) is 2.69. The summed E-state index contributed by atoms with van der Waals surface area (Å²) < 4.78 is 3.08. The zero-order valence-corrected chi connectivity index (χ0v) is 7.34. The van der Waals surface area contributed by atoms with Gasteiger partial charge in [0.25, 0.3) is 0 Å². The first kappa shape index (κ1) is 7.71. The van der Waals surface area contributed by atoms with Gasteiger partial charge in [-0.05, 0) is 0 Å². The van der Waals surface area contributed by atoms with Crippen molar-refractivity contribution in [3.63, 3.8) is 0 Å². The highest BCUT2D eigenvalue weighted by Crippen LogP contribution is 2.11. The molecule has 0 aliphatic heterocycles. The number of nitrogen functional groups attached to an aromatic ring is 1. The molecule has 0 radical (unpaired) electrons. The van der Waals surface area contributed by atoms with Crippen molar-refractivity contribution in [3.05, 3.63) is 6.20 Å². The number of nitrogens with two attached hydrogens (primary N) is 1. The lowest BCUT2D eigenvalue weighted by Crippen LogP contribution is -1.97. The number of rotatable bonds is 1. The number of hydrogen-bond acceptors (Lipinski definition) is 5. The summed E-state index contributed by atoms with van der Waals surface area (Å²) in [5.41, 5.74) is 6.14. The Morgan fingerprint density at radius 2 is 2.15 bits per heavy atom. The van der Waals surface area contributed by atoms with Crippen molar-refractivity contribution in [3.8, 4) is 11.5 Å². The topological polar surface area (TPSA) is 87.4 Å². The largest absolute Gasteiger partial charge is 0.368 e. The van der Waals surface area contributed by atoms with E-state index in [1.54, 1.807) is 25.0 Å². The lowest BCUT2D eigenvalue weighted by molar-refractivity contribution is 0.715. The van der Waals surface area contributed by atoms with Gasteiger partial charge in [0.15, 0.2) is 5.69 Å². The molecule has 68 valence electrons. The summed E-state index contributed by atoms with van der Waals surface area (Å²) in [6, 6.07) is 0. The van der Waals surface area contributed by atoms with E-state index in [2.05, 4.69) is 20.4 Å². The second kappa shape index (κ2) is 2.54. The van der Waals surface area contributed by atoms with Gasteiger partial charge in [-0.2, -0.15) is 4.98 Å². The molecule has 7 nitrogen and oxygen atoms in total. The summed E-state index contributed by atoms with van der Waals surface area (Å²) in [7, 11) is 3.50. The number of hydrogen-bond donors (Lipinski definition) is 1. The van der Waals surface area contributed by atoms with Crippen molar-refractivity contribution in [2.75, 3.05) is 5.73 Å². The third-order valence-electron chi connectivity index (χ3n) is 1.63. The molecule has 0 aliphatic rings. The summed E-state index contributed by atoms with van der Waals surface area (Å²) in [4.78, 5) is 4.01. The maximum Gasteiger partial charge on any atom is 0.218 e. The molecule has 2 rings (SSSR count). The van der Waals surface area contributed by atoms with E-state index < -0.39 is 0 Å². The Bertz CT molecular complexity index is 406. The van der Waals surface area contributed by atoms with Crippen molar-refractivity contribution >= 4 is 5.95 Å². The Morgan fingerprint density at radius 3 is 2.62 bits per heavy atom. The van der Waals surface area contributed by atoms with E-state index in [-0.39, 0.29) is 0 Å². The molecule has 0 fully saturated rings. The molecule has 13 heavy (non-hydrogen) atoms. The van der Waals surface area contributed by atoms with Crippen LogP contribution in [0.1, 0.15) is 0 Å². The summed E-state index contributed by atoms with van der Waals surface area (Å²) in [5.74, 6) is 0.855. The van der Waals surface area contributed by atoms with Crippen molar-refractivity contribution in [2.24, 2.45) is 14.1 Å². The lowest BCUT2D eigenvalue weighted by Gasteiger charge is -1.85. The standard InChI is InChI=1S/C6H9N7/c1-12-3-4(9-11-12)5-8-6(7)13(2)10-5/h3H,1-2H3,(H2,7,8,10). The zero-order valence-electron chi connectivity index (χ0n) is 7.34. The average Bonchev–Trinajstić information content (AvgIpc) is 2.61. The van der Waals surface area contributed by atoms with E-state index in [1.165, 1.54) is 4.68 Å². The Kier molecular flexibility index (Phi) is 1.51. The predicted molar refractivity (Wildman–Crippen MR) is 45.4 cm³/mol. The molecule has 0 saturated carbocycles. The lowest BCUT2D eigenvalue weighted by atomic mass is 10.5. The van der Waals surface area contributed by atoms with Gasteiger partial charge in [-0.25, -0.2) is 4.68 Å². The maximum atomic E-state index is 5.52. The highest BCUT2D eigenvalue weighted by atomic mass is 15.4. The van der Waals surface area contributed by atoms with Crippen LogP contribution in [-0.4, -0.2) is 29.8 Å². The van der Waals surface area contributed by atoms with Gasteiger partial charge in [-0.15, -0.1) is 10.2 Å². The van der Waals surface area contributed by atoms with Crippen LogP contribution in [-0.2, 0) is 14.1 Å². The molecule has 0 saturated heterocycles. The fourth-order valence-electron chi connectivity index (χ4n) is 0.955. The molecule has 0 atom stereocenters. The van der Waals surface area contributed by atoms with E-state index >= 15 is 0 Å². The Hall–Kier alpha value is -1.92. The van der Waals surface area contributed by atoms with Crippen LogP contribution < -0.4 is 5.73 Å². The first-order valence-corrected chi connectivity index (χ1v) is 3.70. The van der Waals surface area contributed by atoms with Gasteiger partial charge in [0.1, 0.15) is 0 Å². The van der Waals surface area contributed by atoms with Gasteiger partial charge in [-0.3, -0.25) is 4.68 Å². The van der Waals surface area contributed by atoms with E-state index in [4.69, 9.17) is 5.73 Å². The summed E-state index contributed by atoms with van der Waals surface area (Å²) in [6.07, 6.45) is 1.73. The quantitative estimate of drug-likeness (QED) is 0.618. The molecule has 2 heterocycles. The minimum Gasteiger partial charge on any atom is -0.368 e. The Balaban J connectivity index is 2.46. The van der Waals surface area contributed by atoms with Crippen LogP contribution in [0.3, 0.4) is 0 Å². The van der Waals surface area contributed by atoms with Crippen LogP contribution >= 0.6 is 0 Å². The van der Waals surface area contributed by atoms with Gasteiger partial charge in [0.2, 0.25) is 11.8 Å². The fraction of sp³-hybridized carbons (Fsp3) is 0.333. The van der Waals surface area contributed by atoms with E-state index in [0.29, 0.717) is 17.5 Å². The molecule has 0 aliphatic carbocycles. The van der Waals surface area contributed by atoms with Crippen molar-refractivity contribution in [1.82, 2.24) is 29.8 Å². The highest BCUT2D eigenvalue weighted by Gasteiger charge is 2.09. The normalized spacial score (nSPS) is 10.6. The number of nitrogens with zero attached hydrogens (tertiary/aromatic N) is 6. The molecular weight excluding hydrogens is 170 g/mol. The summed E-state index contributed by atoms with van der Waals surface area (Å²) in [5, 5.41) is 11.7. The molecule has 0 unspecified atom stereocenters. The van der Waals surface area contributed by atoms with Gasteiger partial charge in [-0.1, -0.05) is 5.21 Å². The van der Waals surface area contributed by atoms with Crippen LogP contribution in [0.2, 0.25) is 0 Å². The van der Waals surface area contributed by atoms with E-state index in [9.17, 15) is 0 Å². The van der Waals surface area contributed by atoms with Gasteiger partial charge < -0.3 is 5.73 Å². The minimum atomic E-state index is 0.362. The van der Waals surface area contributed by atoms with Gasteiger partial charge >= 0.3 is 0 Å². The monoisotopic (exact) mass is 179 g/mol. The first-order valence-electron chi connectivity index (χ1n) is 3.70. The Labute approximate surface area is 74.2 Å². The van der Waals surface area contributed by atoms with Crippen LogP contribution in [0.5, 0.6) is 0 Å². The van der Waals surface area contributed by atoms with Crippen molar-refractivity contribution < 1.29 is 0 Å². The highest BCUT2D eigenvalue weighted by molar-refractivity contribution is 5.48. The summed E-state index contributed by atoms with van der Waals surface area (Å²) in [6.45, 7) is 0. The SMILES string of the molecule is Cn1cc(-c2nc(N)n(C)n2)nn1. The second-order valence-electron chi connectivity index (χ2n) is 2.69. The third-order valence-corrected chi connectivity index (χ3v) is 1.63. The molecule has 0 spiro atoms. The zero-order chi connectivity index (χ0) is 9.42. The molecule has 0 amide bonds. The van der Waals surface area contributed by atoms with Crippen LogP contribution in [0.4, 0.5) is 5.95 Å². The summed E-state index contributed by atoms with van der Waals surface area (Å²) >= 11 is 0. The smallest absolute Gasteiger partial charge is 0.218 e. The molecule has 2 N–H and O–H groups in total. The molecule has 2 aromatic rings. The molecule has 2 aromatic heterocycles. The molecular formula is C6H9N7. The van der Waals surface area contributed by atoms with Crippen molar-refractivity contribution in [1.29, 1.82) is 0 Å². The first-order chi connectivity index (χ1) is 6.16. The molecule has 0 aromatic carbocycles. The minimum absolute atomic E-state index is 0.362. The maximum absolute atomic E-state index is 5.52. The third kappa shape index (κ3) is 1.24. The van der Waals surface area contributed by atoms with Gasteiger partial charge in [0, 0.05) is 14.1 Å². The van der Waals surface area contributed by atoms with Crippen LogP contribution in [0, 0.1) is 0 Å². The van der Waals surface area contributed by atoms with E-state index in [1.807, 2.05) is 0 Å². The average molecular weight is 179 g/mol. The van der Waals surface area contributed by atoms with Gasteiger partial charge in [0.05, 0.1) is 6.20 Å². The van der Waals surface area contributed by atoms with Crippen LogP contribution in [0.25, 0.3) is 11.5 Å². The number of aromatic nitrogens is 6. The van der Waals surface area contributed by atoms with Crippen LogP contribution in [0.15, 0.2) is 6.20 Å². The molecule has 7 heteroatoms.